The summed E-state index contributed by atoms with van der Waals surface area (Å²) >= 11 is 0. The number of rotatable bonds is 5. The molecule has 0 saturated heterocycles. The van der Waals surface area contributed by atoms with Crippen molar-refractivity contribution in [2.24, 2.45) is 5.10 Å². The van der Waals surface area contributed by atoms with E-state index in [4.69, 9.17) is 5.26 Å². The highest BCUT2D eigenvalue weighted by Crippen LogP contribution is 2.42. The zero-order valence-electron chi connectivity index (χ0n) is 17.8. The molecule has 0 spiro atoms. The van der Waals surface area contributed by atoms with Crippen LogP contribution in [-0.2, 0) is 16.6 Å². The van der Waals surface area contributed by atoms with Gasteiger partial charge in [0.1, 0.15) is 0 Å². The van der Waals surface area contributed by atoms with Gasteiger partial charge >= 0.3 is 0 Å². The molecule has 1 heterocycles. The van der Waals surface area contributed by atoms with Gasteiger partial charge in [0.05, 0.1) is 35.0 Å². The molecule has 0 bridgehead atoms. The molecular formula is C26H18N4O3S. The molecule has 4 aromatic carbocycles. The van der Waals surface area contributed by atoms with Crippen LogP contribution in [0.5, 0.6) is 0 Å². The molecular weight excluding hydrogens is 448 g/mol. The van der Waals surface area contributed by atoms with Gasteiger partial charge in [-0.25, -0.2) is 13.8 Å². The molecule has 0 aliphatic carbocycles. The van der Waals surface area contributed by atoms with E-state index in [9.17, 15) is 13.2 Å². The van der Waals surface area contributed by atoms with Crippen LogP contribution in [-0.4, -0.2) is 20.5 Å². The Hall–Kier alpha value is -4.48. The molecule has 1 amide bonds. The summed E-state index contributed by atoms with van der Waals surface area (Å²) in [5.41, 5.74) is 5.57. The Bertz CT molecular complexity index is 1580. The third-order valence-electron chi connectivity index (χ3n) is 5.64. The second kappa shape index (κ2) is 8.46. The minimum absolute atomic E-state index is 0.162. The predicted molar refractivity (Wildman–Crippen MR) is 130 cm³/mol. The average Bonchev–Trinajstić information content (AvgIpc) is 3.08. The van der Waals surface area contributed by atoms with E-state index in [1.165, 1.54) is 10.5 Å². The summed E-state index contributed by atoms with van der Waals surface area (Å²) in [7, 11) is -3.65. The zero-order chi connectivity index (χ0) is 23.7. The largest absolute Gasteiger partial charge is 0.271 e. The summed E-state index contributed by atoms with van der Waals surface area (Å²) in [4.78, 5) is 12.7. The zero-order valence-corrected chi connectivity index (χ0v) is 18.7. The standard InChI is InChI=1S/C26H18N4O3S/c27-15-18-7-9-19(10-8-18)16-28-29-26(31)22-13-11-20(12-14-22)17-30-23-5-1-3-21-4-2-6-24(25(21)23)34(30,32)33/h1-14,16H,17H2,(H,29,31). The van der Waals surface area contributed by atoms with E-state index in [2.05, 4.69) is 10.5 Å². The molecule has 5 rings (SSSR count). The smallest absolute Gasteiger partial charge is 0.267 e. The van der Waals surface area contributed by atoms with Gasteiger partial charge < -0.3 is 0 Å². The summed E-state index contributed by atoms with van der Waals surface area (Å²) in [5, 5.41) is 14.4. The number of hydrogen-bond donors (Lipinski definition) is 1. The number of hydrogen-bond acceptors (Lipinski definition) is 5. The van der Waals surface area contributed by atoms with E-state index in [-0.39, 0.29) is 12.5 Å². The maximum atomic E-state index is 13.1. The summed E-state index contributed by atoms with van der Waals surface area (Å²) in [6.07, 6.45) is 1.49. The third-order valence-corrected chi connectivity index (χ3v) is 7.45. The van der Waals surface area contributed by atoms with Crippen molar-refractivity contribution in [3.8, 4) is 6.07 Å². The van der Waals surface area contributed by atoms with Crippen LogP contribution in [0.4, 0.5) is 5.69 Å². The Kier molecular flexibility index (Phi) is 5.32. The Morgan fingerprint density at radius 2 is 1.68 bits per heavy atom. The SMILES string of the molecule is N#Cc1ccc(C=NNC(=O)c2ccc(CN3c4cccc5cccc(c45)S3(=O)=O)cc2)cc1. The summed E-state index contributed by atoms with van der Waals surface area (Å²) in [6.45, 7) is 0.162. The maximum Gasteiger partial charge on any atom is 0.271 e. The van der Waals surface area contributed by atoms with Crippen molar-refractivity contribution < 1.29 is 13.2 Å². The van der Waals surface area contributed by atoms with E-state index in [1.807, 2.05) is 30.3 Å². The van der Waals surface area contributed by atoms with Crippen molar-refractivity contribution in [1.82, 2.24) is 5.43 Å². The second-order valence-electron chi connectivity index (χ2n) is 7.77. The highest BCUT2D eigenvalue weighted by molar-refractivity contribution is 7.93. The van der Waals surface area contributed by atoms with Crippen molar-refractivity contribution >= 4 is 38.6 Å². The fourth-order valence-corrected chi connectivity index (χ4v) is 5.63. The molecule has 4 aromatic rings. The quantitative estimate of drug-likeness (QED) is 0.352. The van der Waals surface area contributed by atoms with Gasteiger partial charge in [0.25, 0.3) is 15.9 Å². The van der Waals surface area contributed by atoms with E-state index < -0.39 is 10.0 Å². The molecule has 1 aliphatic rings. The first-order chi connectivity index (χ1) is 16.5. The summed E-state index contributed by atoms with van der Waals surface area (Å²) in [6, 6.07) is 26.4. The van der Waals surface area contributed by atoms with Crippen LogP contribution < -0.4 is 9.73 Å². The minimum atomic E-state index is -3.65. The van der Waals surface area contributed by atoms with Gasteiger partial charge in [0.2, 0.25) is 0 Å². The van der Waals surface area contributed by atoms with Crippen molar-refractivity contribution in [1.29, 1.82) is 5.26 Å². The van der Waals surface area contributed by atoms with Crippen LogP contribution in [0.25, 0.3) is 10.8 Å². The average molecular weight is 467 g/mol. The lowest BCUT2D eigenvalue weighted by atomic mass is 10.1. The van der Waals surface area contributed by atoms with Crippen LogP contribution in [0.1, 0.15) is 27.0 Å². The molecule has 1 N–H and O–H groups in total. The molecule has 0 aromatic heterocycles. The molecule has 0 fully saturated rings. The van der Waals surface area contributed by atoms with Gasteiger partial charge in [0, 0.05) is 10.9 Å². The number of hydrazone groups is 1. The van der Waals surface area contributed by atoms with Gasteiger partial charge in [-0.2, -0.15) is 10.4 Å². The number of nitriles is 1. The van der Waals surface area contributed by atoms with Crippen molar-refractivity contribution in [3.63, 3.8) is 0 Å². The van der Waals surface area contributed by atoms with Crippen molar-refractivity contribution in [2.75, 3.05) is 4.31 Å². The van der Waals surface area contributed by atoms with E-state index >= 15 is 0 Å². The first-order valence-corrected chi connectivity index (χ1v) is 11.9. The Morgan fingerprint density at radius 3 is 2.38 bits per heavy atom. The monoisotopic (exact) mass is 466 g/mol. The summed E-state index contributed by atoms with van der Waals surface area (Å²) < 4.78 is 27.7. The molecule has 8 heteroatoms. The van der Waals surface area contributed by atoms with Gasteiger partial charge in [-0.05, 0) is 52.9 Å². The van der Waals surface area contributed by atoms with E-state index in [1.54, 1.807) is 60.7 Å². The van der Waals surface area contributed by atoms with Crippen molar-refractivity contribution in [3.05, 3.63) is 107 Å². The van der Waals surface area contributed by atoms with Crippen molar-refractivity contribution in [2.45, 2.75) is 11.4 Å². The first kappa shape index (κ1) is 21.4. The van der Waals surface area contributed by atoms with Crippen LogP contribution in [0.15, 0.2) is 94.9 Å². The number of nitrogens with zero attached hydrogens (tertiary/aromatic N) is 3. The maximum absolute atomic E-state index is 13.1. The number of sulfonamides is 1. The number of carbonyl (C=O) groups is 1. The summed E-state index contributed by atoms with van der Waals surface area (Å²) in [5.74, 6) is -0.387. The van der Waals surface area contributed by atoms with Crippen LogP contribution in [0, 0.1) is 11.3 Å². The molecule has 0 saturated carbocycles. The fourth-order valence-electron chi connectivity index (χ4n) is 3.93. The molecule has 0 unspecified atom stereocenters. The second-order valence-corrected chi connectivity index (χ2v) is 9.60. The highest BCUT2D eigenvalue weighted by atomic mass is 32.2. The van der Waals surface area contributed by atoms with Gasteiger partial charge in [-0.1, -0.05) is 48.5 Å². The topological polar surface area (TPSA) is 103 Å². The van der Waals surface area contributed by atoms with Gasteiger partial charge in [-0.3, -0.25) is 9.10 Å². The van der Waals surface area contributed by atoms with Crippen LogP contribution >= 0.6 is 0 Å². The number of benzene rings is 4. The molecule has 0 atom stereocenters. The Balaban J connectivity index is 1.29. The van der Waals surface area contributed by atoms with Gasteiger partial charge in [-0.15, -0.1) is 0 Å². The lowest BCUT2D eigenvalue weighted by molar-refractivity contribution is 0.0955. The first-order valence-electron chi connectivity index (χ1n) is 10.4. The number of anilines is 1. The number of amides is 1. The number of carbonyl (C=O) groups excluding carboxylic acids is 1. The molecule has 166 valence electrons. The highest BCUT2D eigenvalue weighted by Gasteiger charge is 2.35. The number of nitrogens with one attached hydrogen (secondary N) is 1. The molecule has 34 heavy (non-hydrogen) atoms. The molecule has 0 radical (unpaired) electrons. The Morgan fingerprint density at radius 1 is 0.971 bits per heavy atom. The van der Waals surface area contributed by atoms with Crippen LogP contribution in [0.3, 0.4) is 0 Å². The van der Waals surface area contributed by atoms with Gasteiger partial charge in [0.15, 0.2) is 0 Å². The Labute approximate surface area is 196 Å². The lowest BCUT2D eigenvalue weighted by Crippen LogP contribution is -2.26. The van der Waals surface area contributed by atoms with E-state index in [0.717, 1.165) is 21.9 Å². The van der Waals surface area contributed by atoms with E-state index in [0.29, 0.717) is 21.7 Å². The predicted octanol–water partition coefficient (Wildman–Crippen LogP) is 4.18. The lowest BCUT2D eigenvalue weighted by Gasteiger charge is -2.19. The third kappa shape index (κ3) is 3.78. The normalized spacial score (nSPS) is 13.8. The fraction of sp³-hybridized carbons (Fsp3) is 0.0385. The minimum Gasteiger partial charge on any atom is -0.267 e. The van der Waals surface area contributed by atoms with Crippen LogP contribution in [0.2, 0.25) is 0 Å². The molecule has 1 aliphatic heterocycles. The molecule has 7 nitrogen and oxygen atoms in total.